The third-order valence-corrected chi connectivity index (χ3v) is 8.45. The lowest BCUT2D eigenvalue weighted by atomic mass is 10.0. The van der Waals surface area contributed by atoms with Gasteiger partial charge >= 0.3 is 11.9 Å². The maximum atomic E-state index is 12.0. The van der Waals surface area contributed by atoms with Gasteiger partial charge in [-0.3, -0.25) is 9.59 Å². The molecule has 7 heteroatoms. The number of aliphatic hydroxyl groups is 3. The van der Waals surface area contributed by atoms with Gasteiger partial charge in [-0.15, -0.1) is 0 Å². The molecule has 0 spiro atoms. The van der Waals surface area contributed by atoms with Crippen molar-refractivity contribution in [3.63, 3.8) is 0 Å². The molecular weight excluding hydrogens is 568 g/mol. The molecule has 0 fully saturated rings. The van der Waals surface area contributed by atoms with Crippen LogP contribution >= 0.6 is 0 Å². The highest BCUT2D eigenvalue weighted by atomic mass is 16.6. The second-order valence-electron chi connectivity index (χ2n) is 13.0. The van der Waals surface area contributed by atoms with E-state index in [2.05, 4.69) is 19.9 Å². The first-order valence-corrected chi connectivity index (χ1v) is 18.9. The van der Waals surface area contributed by atoms with E-state index in [1.54, 1.807) is 0 Å². The minimum Gasteiger partial charge on any atom is -0.463 e. The van der Waals surface area contributed by atoms with Gasteiger partial charge in [0.15, 0.2) is 0 Å². The molecule has 0 saturated carbocycles. The van der Waals surface area contributed by atoms with Crippen molar-refractivity contribution in [2.24, 2.45) is 0 Å². The molecule has 7 nitrogen and oxygen atoms in total. The Balaban J connectivity index is 3.55. The van der Waals surface area contributed by atoms with Crippen molar-refractivity contribution in [2.45, 2.75) is 206 Å². The van der Waals surface area contributed by atoms with Gasteiger partial charge in [-0.1, -0.05) is 148 Å². The summed E-state index contributed by atoms with van der Waals surface area (Å²) in [4.78, 5) is 23.9. The summed E-state index contributed by atoms with van der Waals surface area (Å²) >= 11 is 0. The quantitative estimate of drug-likeness (QED) is 0.0365. The van der Waals surface area contributed by atoms with E-state index in [1.807, 2.05) is 6.08 Å². The van der Waals surface area contributed by atoms with Crippen LogP contribution in [0, 0.1) is 0 Å². The summed E-state index contributed by atoms with van der Waals surface area (Å²) in [6, 6.07) is 0. The molecule has 0 rings (SSSR count). The normalized spacial score (nSPS) is 13.6. The number of allylic oxidation sites excluding steroid dienone is 1. The Morgan fingerprint density at radius 3 is 1.38 bits per heavy atom. The van der Waals surface area contributed by atoms with Gasteiger partial charge in [-0.05, 0) is 38.5 Å². The summed E-state index contributed by atoms with van der Waals surface area (Å²) in [7, 11) is 0. The SMILES string of the molecule is CCCCC/C=C\C[C@@H](O)[C@H](O)CCCCCCCC(=O)OC[C@@H](O)COC(=O)CCCCCCCCCCCCCCCC. The van der Waals surface area contributed by atoms with E-state index in [0.29, 0.717) is 25.7 Å². The van der Waals surface area contributed by atoms with Crippen LogP contribution in [0.1, 0.15) is 187 Å². The zero-order valence-corrected chi connectivity index (χ0v) is 29.4. The Morgan fingerprint density at radius 1 is 0.511 bits per heavy atom. The summed E-state index contributed by atoms with van der Waals surface area (Å²) in [5, 5.41) is 30.2. The van der Waals surface area contributed by atoms with Gasteiger partial charge in [0, 0.05) is 12.8 Å². The van der Waals surface area contributed by atoms with Gasteiger partial charge in [0.1, 0.15) is 19.3 Å². The van der Waals surface area contributed by atoms with E-state index >= 15 is 0 Å². The van der Waals surface area contributed by atoms with Gasteiger partial charge in [-0.25, -0.2) is 0 Å². The third kappa shape index (κ3) is 32.3. The summed E-state index contributed by atoms with van der Waals surface area (Å²) in [5.74, 6) is -0.667. The number of unbranched alkanes of at least 4 members (excludes halogenated alkanes) is 20. The second kappa shape index (κ2) is 33.9. The zero-order valence-electron chi connectivity index (χ0n) is 29.4. The largest absolute Gasteiger partial charge is 0.463 e. The summed E-state index contributed by atoms with van der Waals surface area (Å²) < 4.78 is 10.3. The van der Waals surface area contributed by atoms with E-state index in [0.717, 1.165) is 51.4 Å². The van der Waals surface area contributed by atoms with Gasteiger partial charge in [0.05, 0.1) is 12.2 Å². The van der Waals surface area contributed by atoms with Crippen LogP contribution in [-0.4, -0.2) is 58.8 Å². The van der Waals surface area contributed by atoms with Gasteiger partial charge in [0.25, 0.3) is 0 Å². The predicted octanol–water partition coefficient (Wildman–Crippen LogP) is 9.28. The molecule has 0 amide bonds. The Labute approximate surface area is 276 Å². The topological polar surface area (TPSA) is 113 Å². The number of carbonyl (C=O) groups is 2. The molecule has 0 aromatic carbocycles. The Hall–Kier alpha value is -1.44. The fourth-order valence-electron chi connectivity index (χ4n) is 5.40. The highest BCUT2D eigenvalue weighted by molar-refractivity contribution is 5.69. The Bertz CT molecular complexity index is 681. The van der Waals surface area contributed by atoms with Gasteiger partial charge in [-0.2, -0.15) is 0 Å². The molecule has 0 aliphatic carbocycles. The number of esters is 2. The molecule has 0 bridgehead atoms. The van der Waals surface area contributed by atoms with Crippen LogP contribution in [-0.2, 0) is 19.1 Å². The maximum absolute atomic E-state index is 12.0. The van der Waals surface area contributed by atoms with Crippen molar-refractivity contribution >= 4 is 11.9 Å². The molecule has 0 aromatic heterocycles. The molecule has 45 heavy (non-hydrogen) atoms. The standard InChI is InChI=1S/C38H72O7/c1-3-5-7-9-11-12-13-14-15-16-17-18-22-26-30-37(42)44-32-34(39)33-45-38(43)31-27-23-19-21-25-29-36(41)35(40)28-24-20-10-8-6-4-2/h20,24,34-36,39-41H,3-19,21-23,25-33H2,1-2H3/b24-20-/t34-,35+,36+/m0/s1. The molecule has 0 saturated heterocycles. The molecule has 3 atom stereocenters. The van der Waals surface area contributed by atoms with Crippen LogP contribution in [0.5, 0.6) is 0 Å². The minimum absolute atomic E-state index is 0.152. The average molecular weight is 641 g/mol. The number of ether oxygens (including phenoxy) is 2. The van der Waals surface area contributed by atoms with E-state index in [4.69, 9.17) is 9.47 Å². The number of hydrogen-bond donors (Lipinski definition) is 3. The molecule has 0 aliphatic heterocycles. The lowest BCUT2D eigenvalue weighted by Gasteiger charge is -2.16. The van der Waals surface area contributed by atoms with Crippen molar-refractivity contribution in [3.05, 3.63) is 12.2 Å². The third-order valence-electron chi connectivity index (χ3n) is 8.45. The van der Waals surface area contributed by atoms with E-state index in [1.165, 1.54) is 89.9 Å². The molecule has 0 aromatic rings. The van der Waals surface area contributed by atoms with Crippen molar-refractivity contribution in [2.75, 3.05) is 13.2 Å². The molecule has 0 aliphatic rings. The van der Waals surface area contributed by atoms with Crippen LogP contribution in [0.15, 0.2) is 12.2 Å². The van der Waals surface area contributed by atoms with Crippen LogP contribution in [0.3, 0.4) is 0 Å². The fourth-order valence-corrected chi connectivity index (χ4v) is 5.40. The Kier molecular flexibility index (Phi) is 32.8. The summed E-state index contributed by atoms with van der Waals surface area (Å²) in [6.45, 7) is 4.11. The highest BCUT2D eigenvalue weighted by Crippen LogP contribution is 2.15. The van der Waals surface area contributed by atoms with Crippen molar-refractivity contribution in [1.82, 2.24) is 0 Å². The van der Waals surface area contributed by atoms with Crippen molar-refractivity contribution in [3.8, 4) is 0 Å². The first kappa shape index (κ1) is 43.6. The lowest BCUT2D eigenvalue weighted by Crippen LogP contribution is -2.25. The fraction of sp³-hybridized carbons (Fsp3) is 0.895. The first-order chi connectivity index (χ1) is 21.9. The van der Waals surface area contributed by atoms with Crippen molar-refractivity contribution in [1.29, 1.82) is 0 Å². The average Bonchev–Trinajstić information content (AvgIpc) is 3.03. The maximum Gasteiger partial charge on any atom is 0.305 e. The van der Waals surface area contributed by atoms with Crippen LogP contribution in [0.25, 0.3) is 0 Å². The van der Waals surface area contributed by atoms with Crippen LogP contribution in [0.2, 0.25) is 0 Å². The smallest absolute Gasteiger partial charge is 0.305 e. The highest BCUT2D eigenvalue weighted by Gasteiger charge is 2.14. The number of hydrogen-bond acceptors (Lipinski definition) is 7. The summed E-state index contributed by atoms with van der Waals surface area (Å²) in [6.07, 6.45) is 30.0. The molecule has 0 unspecified atom stereocenters. The second-order valence-corrected chi connectivity index (χ2v) is 13.0. The monoisotopic (exact) mass is 641 g/mol. The van der Waals surface area contributed by atoms with Crippen molar-refractivity contribution < 1.29 is 34.4 Å². The van der Waals surface area contributed by atoms with Gasteiger partial charge in [0.2, 0.25) is 0 Å². The zero-order chi connectivity index (χ0) is 33.2. The van der Waals surface area contributed by atoms with E-state index in [-0.39, 0.29) is 31.6 Å². The molecule has 0 radical (unpaired) electrons. The minimum atomic E-state index is -1.01. The molecule has 3 N–H and O–H groups in total. The molecule has 266 valence electrons. The summed E-state index contributed by atoms with van der Waals surface area (Å²) in [5.41, 5.74) is 0. The Morgan fingerprint density at radius 2 is 0.911 bits per heavy atom. The lowest BCUT2D eigenvalue weighted by molar-refractivity contribution is -0.152. The number of aliphatic hydroxyl groups excluding tert-OH is 3. The van der Waals surface area contributed by atoms with Crippen LogP contribution < -0.4 is 0 Å². The predicted molar refractivity (Wildman–Crippen MR) is 185 cm³/mol. The molecular formula is C38H72O7. The number of rotatable bonds is 34. The van der Waals surface area contributed by atoms with Crippen LogP contribution in [0.4, 0.5) is 0 Å². The van der Waals surface area contributed by atoms with E-state index in [9.17, 15) is 24.9 Å². The van der Waals surface area contributed by atoms with E-state index < -0.39 is 18.3 Å². The molecule has 0 heterocycles. The number of carbonyl (C=O) groups excluding carboxylic acids is 2. The van der Waals surface area contributed by atoms with Gasteiger partial charge < -0.3 is 24.8 Å². The first-order valence-electron chi connectivity index (χ1n) is 18.9.